The summed E-state index contributed by atoms with van der Waals surface area (Å²) in [6.45, 7) is 0.525. The maximum atomic E-state index is 11.5. The Balaban J connectivity index is 1.91. The van der Waals surface area contributed by atoms with Gasteiger partial charge in [-0.3, -0.25) is 4.79 Å². The van der Waals surface area contributed by atoms with Crippen molar-refractivity contribution in [1.29, 1.82) is 0 Å². The van der Waals surface area contributed by atoms with Gasteiger partial charge in [0.25, 0.3) is 5.91 Å². The topological polar surface area (TPSA) is 120 Å². The molecule has 4 N–H and O–H groups in total. The Labute approximate surface area is 143 Å². The van der Waals surface area contributed by atoms with Crippen LogP contribution in [-0.4, -0.2) is 39.9 Å². The molecule has 0 saturated heterocycles. The maximum Gasteiger partial charge on any atom is 0.707 e. The first kappa shape index (κ1) is 16.8. The van der Waals surface area contributed by atoms with Gasteiger partial charge in [-0.15, -0.1) is 0 Å². The van der Waals surface area contributed by atoms with E-state index in [-0.39, 0.29) is 5.56 Å². The maximum absolute atomic E-state index is 11.5. The second-order valence-electron chi connectivity index (χ2n) is 5.34. The molecule has 0 aliphatic carbocycles. The number of amides is 1. The van der Waals surface area contributed by atoms with Gasteiger partial charge in [0.05, 0.1) is 24.5 Å². The van der Waals surface area contributed by atoms with Gasteiger partial charge in [0, 0.05) is 6.54 Å². The minimum absolute atomic E-state index is 0.282. The standard InChI is InChI=1S/C16H16BN3O5/c1-24-15-12(16(18)21)6-7-13-14(15)19-9-20(13)8-10-2-4-11(5-3-10)25-17(22)23/h2-7,9,22-23H,8H2,1H3,(H2,18,21). The number of benzene rings is 2. The van der Waals surface area contributed by atoms with Gasteiger partial charge in [0.1, 0.15) is 11.3 Å². The van der Waals surface area contributed by atoms with Crippen LogP contribution in [-0.2, 0) is 6.54 Å². The molecular weight excluding hydrogens is 325 g/mol. The second kappa shape index (κ2) is 6.84. The monoisotopic (exact) mass is 341 g/mol. The number of hydrogen-bond donors (Lipinski definition) is 3. The first-order valence-corrected chi connectivity index (χ1v) is 7.43. The third-order valence-corrected chi connectivity index (χ3v) is 3.73. The summed E-state index contributed by atoms with van der Waals surface area (Å²) in [6.07, 6.45) is 1.65. The Morgan fingerprint density at radius 2 is 1.96 bits per heavy atom. The van der Waals surface area contributed by atoms with Crippen LogP contribution in [0.4, 0.5) is 0 Å². The molecule has 25 heavy (non-hydrogen) atoms. The number of nitrogens with two attached hydrogens (primary N) is 1. The zero-order valence-electron chi connectivity index (χ0n) is 13.4. The summed E-state index contributed by atoms with van der Waals surface area (Å²) in [5, 5.41) is 17.6. The summed E-state index contributed by atoms with van der Waals surface area (Å²) in [4.78, 5) is 15.8. The van der Waals surface area contributed by atoms with E-state index in [0.717, 1.165) is 11.1 Å². The molecule has 3 aromatic rings. The van der Waals surface area contributed by atoms with Gasteiger partial charge in [0.2, 0.25) is 0 Å². The van der Waals surface area contributed by atoms with Crippen molar-refractivity contribution in [3.63, 3.8) is 0 Å². The Morgan fingerprint density at radius 3 is 2.56 bits per heavy atom. The number of imidazole rings is 1. The van der Waals surface area contributed by atoms with Crippen LogP contribution in [0.3, 0.4) is 0 Å². The molecule has 0 aliphatic heterocycles. The van der Waals surface area contributed by atoms with Crippen molar-refractivity contribution in [1.82, 2.24) is 9.55 Å². The summed E-state index contributed by atoms with van der Waals surface area (Å²) in [7, 11) is -0.385. The highest BCUT2D eigenvalue weighted by Gasteiger charge is 2.16. The number of nitrogens with zero attached hydrogens (tertiary/aromatic N) is 2. The third-order valence-electron chi connectivity index (χ3n) is 3.73. The lowest BCUT2D eigenvalue weighted by Crippen LogP contribution is -2.20. The molecule has 0 radical (unpaired) electrons. The lowest BCUT2D eigenvalue weighted by Gasteiger charge is -2.09. The summed E-state index contributed by atoms with van der Waals surface area (Å²) in [5.41, 5.74) is 7.95. The van der Waals surface area contributed by atoms with Gasteiger partial charge in [-0.25, -0.2) is 4.98 Å². The smallest absolute Gasteiger partial charge is 0.512 e. The van der Waals surface area contributed by atoms with E-state index in [1.807, 2.05) is 4.57 Å². The fourth-order valence-corrected chi connectivity index (χ4v) is 2.63. The molecule has 0 spiro atoms. The Bertz CT molecular complexity index is 908. The van der Waals surface area contributed by atoms with E-state index in [9.17, 15) is 4.79 Å². The second-order valence-corrected chi connectivity index (χ2v) is 5.34. The van der Waals surface area contributed by atoms with Crippen LogP contribution < -0.4 is 15.1 Å². The molecule has 0 saturated carbocycles. The van der Waals surface area contributed by atoms with E-state index < -0.39 is 13.2 Å². The number of carbonyl (C=O) groups excluding carboxylic acids is 1. The van der Waals surface area contributed by atoms with E-state index in [0.29, 0.717) is 23.6 Å². The lowest BCUT2D eigenvalue weighted by molar-refractivity contribution is 0.0997. The van der Waals surface area contributed by atoms with E-state index in [2.05, 4.69) is 4.98 Å². The van der Waals surface area contributed by atoms with Gasteiger partial charge >= 0.3 is 7.32 Å². The molecule has 2 aromatic carbocycles. The van der Waals surface area contributed by atoms with Crippen molar-refractivity contribution in [2.75, 3.05) is 7.11 Å². The van der Waals surface area contributed by atoms with Gasteiger partial charge in [-0.05, 0) is 29.8 Å². The van der Waals surface area contributed by atoms with Crippen molar-refractivity contribution < 1.29 is 24.2 Å². The summed E-state index contributed by atoms with van der Waals surface area (Å²) in [5.74, 6) is 0.126. The van der Waals surface area contributed by atoms with Gasteiger partial charge < -0.3 is 29.7 Å². The minimum atomic E-state index is -1.85. The molecule has 0 bridgehead atoms. The predicted octanol–water partition coefficient (Wildman–Crippen LogP) is 0.540. The minimum Gasteiger partial charge on any atom is -0.512 e. The lowest BCUT2D eigenvalue weighted by atomic mass is 10.1. The third kappa shape index (κ3) is 3.42. The van der Waals surface area contributed by atoms with Gasteiger partial charge in [-0.2, -0.15) is 0 Å². The average Bonchev–Trinajstić information content (AvgIpc) is 2.98. The van der Waals surface area contributed by atoms with Crippen LogP contribution in [0, 0.1) is 0 Å². The van der Waals surface area contributed by atoms with Gasteiger partial charge in [0.15, 0.2) is 5.75 Å². The normalized spacial score (nSPS) is 10.7. The van der Waals surface area contributed by atoms with Crippen LogP contribution >= 0.6 is 0 Å². The summed E-state index contributed by atoms with van der Waals surface area (Å²) >= 11 is 0. The summed E-state index contributed by atoms with van der Waals surface area (Å²) in [6, 6.07) is 10.3. The van der Waals surface area contributed by atoms with E-state index in [1.165, 1.54) is 7.11 Å². The van der Waals surface area contributed by atoms with Crippen molar-refractivity contribution in [2.24, 2.45) is 5.73 Å². The fourth-order valence-electron chi connectivity index (χ4n) is 2.63. The zero-order valence-corrected chi connectivity index (χ0v) is 13.4. The number of fused-ring (bicyclic) bond motifs is 1. The van der Waals surface area contributed by atoms with E-state index in [1.54, 1.807) is 42.7 Å². The van der Waals surface area contributed by atoms with E-state index >= 15 is 0 Å². The molecule has 1 amide bonds. The number of hydrogen-bond acceptors (Lipinski definition) is 6. The molecule has 128 valence electrons. The largest absolute Gasteiger partial charge is 0.707 e. The highest BCUT2D eigenvalue weighted by atomic mass is 16.6. The quantitative estimate of drug-likeness (QED) is 0.563. The highest BCUT2D eigenvalue weighted by Crippen LogP contribution is 2.29. The Hall–Kier alpha value is -3.04. The molecule has 0 atom stereocenters. The molecule has 0 aliphatic rings. The van der Waals surface area contributed by atoms with Crippen molar-refractivity contribution in [2.45, 2.75) is 6.54 Å². The zero-order chi connectivity index (χ0) is 18.0. The summed E-state index contributed by atoms with van der Waals surface area (Å²) < 4.78 is 12.0. The average molecular weight is 341 g/mol. The predicted molar refractivity (Wildman–Crippen MR) is 91.2 cm³/mol. The molecule has 0 fully saturated rings. The Morgan fingerprint density at radius 1 is 1.24 bits per heavy atom. The first-order chi connectivity index (χ1) is 12.0. The van der Waals surface area contributed by atoms with Crippen LogP contribution in [0.1, 0.15) is 15.9 Å². The fraction of sp³-hybridized carbons (Fsp3) is 0.125. The number of carbonyl (C=O) groups is 1. The molecule has 8 nitrogen and oxygen atoms in total. The number of aromatic nitrogens is 2. The number of rotatable bonds is 6. The van der Waals surface area contributed by atoms with Crippen LogP contribution in [0.25, 0.3) is 11.0 Å². The van der Waals surface area contributed by atoms with Crippen LogP contribution in [0.2, 0.25) is 0 Å². The molecule has 1 aromatic heterocycles. The number of primary amides is 1. The number of methoxy groups -OCH3 is 1. The first-order valence-electron chi connectivity index (χ1n) is 7.43. The highest BCUT2D eigenvalue weighted by molar-refractivity contribution is 6.33. The molecule has 0 unspecified atom stereocenters. The molecular formula is C16H16BN3O5. The molecule has 1 heterocycles. The van der Waals surface area contributed by atoms with Crippen LogP contribution in [0.15, 0.2) is 42.7 Å². The molecule has 3 rings (SSSR count). The Kier molecular flexibility index (Phi) is 4.60. The van der Waals surface area contributed by atoms with Crippen molar-refractivity contribution in [3.05, 3.63) is 53.9 Å². The molecule has 9 heteroatoms. The van der Waals surface area contributed by atoms with Crippen LogP contribution in [0.5, 0.6) is 11.5 Å². The SMILES string of the molecule is COc1c(C(N)=O)ccc2c1ncn2Cc1ccc(OB(O)O)cc1. The van der Waals surface area contributed by atoms with Crippen molar-refractivity contribution >= 4 is 24.3 Å². The van der Waals surface area contributed by atoms with Gasteiger partial charge in [-0.1, -0.05) is 12.1 Å². The number of ether oxygens (including phenoxy) is 1. The van der Waals surface area contributed by atoms with Crippen molar-refractivity contribution in [3.8, 4) is 11.5 Å². The van der Waals surface area contributed by atoms with E-state index in [4.69, 9.17) is 25.2 Å².